The van der Waals surface area contributed by atoms with E-state index < -0.39 is 23.4 Å². The molecule has 21 heavy (non-hydrogen) atoms. The average Bonchev–Trinajstić information content (AvgIpc) is 2.94. The number of carbonyl (C=O) groups is 2. The summed E-state index contributed by atoms with van der Waals surface area (Å²) < 4.78 is 10.1. The maximum Gasteiger partial charge on any atom is 0.348 e. The second-order valence-corrected chi connectivity index (χ2v) is 4.59. The minimum absolute atomic E-state index is 0.164. The van der Waals surface area contributed by atoms with Crippen molar-refractivity contribution in [3.63, 3.8) is 0 Å². The Hall–Kier alpha value is -2.24. The van der Waals surface area contributed by atoms with Crippen molar-refractivity contribution in [3.05, 3.63) is 35.9 Å². The third kappa shape index (κ3) is 2.66. The average molecular weight is 290 g/mol. The molecule has 1 aliphatic rings. The van der Waals surface area contributed by atoms with E-state index in [-0.39, 0.29) is 19.8 Å². The SMILES string of the molecule is CCOC(=O)C1(C(=O)OCC)N=NCC1c1ccccc1. The second kappa shape index (κ2) is 6.47. The van der Waals surface area contributed by atoms with Crippen LogP contribution in [0.3, 0.4) is 0 Å². The lowest BCUT2D eigenvalue weighted by atomic mass is 9.80. The maximum absolute atomic E-state index is 12.4. The first kappa shape index (κ1) is 15.2. The maximum atomic E-state index is 12.4. The molecule has 6 nitrogen and oxygen atoms in total. The van der Waals surface area contributed by atoms with Gasteiger partial charge in [-0.15, -0.1) is 0 Å². The molecule has 6 heteroatoms. The molecule has 0 spiro atoms. The van der Waals surface area contributed by atoms with Crippen LogP contribution in [0.5, 0.6) is 0 Å². The number of carbonyl (C=O) groups excluding carboxylic acids is 2. The zero-order valence-corrected chi connectivity index (χ0v) is 12.1. The predicted octanol–water partition coefficient (Wildman–Crippen LogP) is 2.10. The van der Waals surface area contributed by atoms with Crippen LogP contribution in [0.1, 0.15) is 25.3 Å². The highest BCUT2D eigenvalue weighted by atomic mass is 16.6. The molecule has 1 unspecified atom stereocenters. The standard InChI is InChI=1S/C15H18N2O4/c1-3-20-13(18)15(14(19)21-4-2)12(10-16-17-15)11-8-6-5-7-9-11/h5-9,12H,3-4,10H2,1-2H3. The third-order valence-electron chi connectivity index (χ3n) is 3.37. The second-order valence-electron chi connectivity index (χ2n) is 4.59. The molecule has 1 aromatic rings. The highest BCUT2D eigenvalue weighted by Crippen LogP contribution is 2.39. The predicted molar refractivity (Wildman–Crippen MR) is 74.9 cm³/mol. The smallest absolute Gasteiger partial charge is 0.348 e. The molecule has 1 aromatic carbocycles. The number of hydrogen-bond acceptors (Lipinski definition) is 6. The Kier molecular flexibility index (Phi) is 4.67. The molecule has 0 saturated carbocycles. The van der Waals surface area contributed by atoms with Gasteiger partial charge in [0.15, 0.2) is 0 Å². The molecule has 1 aliphatic heterocycles. The van der Waals surface area contributed by atoms with Crippen LogP contribution in [0.15, 0.2) is 40.6 Å². The molecule has 0 radical (unpaired) electrons. The van der Waals surface area contributed by atoms with Crippen LogP contribution in [0, 0.1) is 0 Å². The Morgan fingerprint density at radius 1 is 1.14 bits per heavy atom. The first-order valence-electron chi connectivity index (χ1n) is 6.94. The van der Waals surface area contributed by atoms with Gasteiger partial charge in [-0.05, 0) is 19.4 Å². The van der Waals surface area contributed by atoms with Crippen LogP contribution in [0.4, 0.5) is 0 Å². The Labute approximate surface area is 123 Å². The van der Waals surface area contributed by atoms with Gasteiger partial charge in [0.1, 0.15) is 0 Å². The van der Waals surface area contributed by atoms with Crippen molar-refractivity contribution in [2.75, 3.05) is 19.8 Å². The van der Waals surface area contributed by atoms with Gasteiger partial charge in [-0.2, -0.15) is 10.2 Å². The Morgan fingerprint density at radius 3 is 2.24 bits per heavy atom. The van der Waals surface area contributed by atoms with Crippen LogP contribution in [0.2, 0.25) is 0 Å². The van der Waals surface area contributed by atoms with Crippen molar-refractivity contribution in [1.82, 2.24) is 0 Å². The molecule has 0 aliphatic carbocycles. The largest absolute Gasteiger partial charge is 0.464 e. The van der Waals surface area contributed by atoms with Gasteiger partial charge in [-0.3, -0.25) is 0 Å². The lowest BCUT2D eigenvalue weighted by Crippen LogP contribution is -2.50. The molecular formula is C15H18N2O4. The zero-order chi connectivity index (χ0) is 15.3. The number of rotatable bonds is 5. The highest BCUT2D eigenvalue weighted by Gasteiger charge is 2.59. The summed E-state index contributed by atoms with van der Waals surface area (Å²) in [6, 6.07) is 9.23. The van der Waals surface area contributed by atoms with Crippen molar-refractivity contribution in [2.24, 2.45) is 10.2 Å². The summed E-state index contributed by atoms with van der Waals surface area (Å²) in [5.41, 5.74) is -0.920. The zero-order valence-electron chi connectivity index (χ0n) is 12.1. The van der Waals surface area contributed by atoms with Gasteiger partial charge in [-0.25, -0.2) is 9.59 Å². The van der Waals surface area contributed by atoms with E-state index in [1.54, 1.807) is 13.8 Å². The lowest BCUT2D eigenvalue weighted by molar-refractivity contribution is -0.164. The van der Waals surface area contributed by atoms with Crippen molar-refractivity contribution < 1.29 is 19.1 Å². The van der Waals surface area contributed by atoms with Crippen molar-refractivity contribution in [1.29, 1.82) is 0 Å². The number of esters is 2. The van der Waals surface area contributed by atoms with Crippen LogP contribution >= 0.6 is 0 Å². The molecule has 0 N–H and O–H groups in total. The van der Waals surface area contributed by atoms with E-state index in [1.165, 1.54) is 0 Å². The molecule has 0 saturated heterocycles. The monoisotopic (exact) mass is 290 g/mol. The molecule has 112 valence electrons. The molecule has 0 aromatic heterocycles. The Balaban J connectivity index is 2.44. The fraction of sp³-hybridized carbons (Fsp3) is 0.467. The molecule has 1 atom stereocenters. The van der Waals surface area contributed by atoms with E-state index in [2.05, 4.69) is 10.2 Å². The number of azo groups is 1. The lowest BCUT2D eigenvalue weighted by Gasteiger charge is -2.27. The summed E-state index contributed by atoms with van der Waals surface area (Å²) in [6.45, 7) is 3.94. The van der Waals surface area contributed by atoms with Gasteiger partial charge >= 0.3 is 11.9 Å². The normalized spacial score (nSPS) is 19.2. The van der Waals surface area contributed by atoms with Gasteiger partial charge < -0.3 is 9.47 Å². The van der Waals surface area contributed by atoms with Crippen molar-refractivity contribution >= 4 is 11.9 Å². The summed E-state index contributed by atoms with van der Waals surface area (Å²) >= 11 is 0. The molecule has 2 rings (SSSR count). The first-order valence-corrected chi connectivity index (χ1v) is 6.94. The Bertz CT molecular complexity index is 524. The summed E-state index contributed by atoms with van der Waals surface area (Å²) in [5, 5.41) is 7.86. The highest BCUT2D eigenvalue weighted by molar-refractivity contribution is 6.06. The van der Waals surface area contributed by atoms with E-state index in [9.17, 15) is 9.59 Å². The van der Waals surface area contributed by atoms with Crippen molar-refractivity contribution in [2.45, 2.75) is 25.3 Å². The summed E-state index contributed by atoms with van der Waals surface area (Å²) in [5.74, 6) is -1.92. The third-order valence-corrected chi connectivity index (χ3v) is 3.37. The van der Waals surface area contributed by atoms with E-state index in [1.807, 2.05) is 30.3 Å². The minimum Gasteiger partial charge on any atom is -0.464 e. The van der Waals surface area contributed by atoms with Crippen LogP contribution in [0.25, 0.3) is 0 Å². The van der Waals surface area contributed by atoms with E-state index in [0.29, 0.717) is 0 Å². The van der Waals surface area contributed by atoms with Crippen LogP contribution < -0.4 is 0 Å². The molecule has 1 heterocycles. The van der Waals surface area contributed by atoms with Crippen LogP contribution in [-0.2, 0) is 19.1 Å². The van der Waals surface area contributed by atoms with Gasteiger partial charge in [-0.1, -0.05) is 30.3 Å². The van der Waals surface area contributed by atoms with Gasteiger partial charge in [0.05, 0.1) is 25.7 Å². The number of ether oxygens (including phenoxy) is 2. The topological polar surface area (TPSA) is 77.3 Å². The number of hydrogen-bond donors (Lipinski definition) is 0. The molecule has 0 bridgehead atoms. The molecular weight excluding hydrogens is 272 g/mol. The summed E-state index contributed by atoms with van der Waals surface area (Å²) in [4.78, 5) is 24.8. The first-order chi connectivity index (χ1) is 10.2. The van der Waals surface area contributed by atoms with E-state index in [4.69, 9.17) is 9.47 Å². The Morgan fingerprint density at radius 2 is 1.71 bits per heavy atom. The molecule has 0 amide bonds. The van der Waals surface area contributed by atoms with Crippen molar-refractivity contribution in [3.8, 4) is 0 Å². The van der Waals surface area contributed by atoms with Gasteiger partial charge in [0, 0.05) is 0 Å². The number of nitrogens with zero attached hydrogens (tertiary/aromatic N) is 2. The van der Waals surface area contributed by atoms with Crippen LogP contribution in [-0.4, -0.2) is 37.2 Å². The fourth-order valence-electron chi connectivity index (χ4n) is 2.40. The minimum atomic E-state index is -1.73. The number of benzene rings is 1. The van der Waals surface area contributed by atoms with E-state index >= 15 is 0 Å². The quantitative estimate of drug-likeness (QED) is 0.614. The van der Waals surface area contributed by atoms with Gasteiger partial charge in [0.25, 0.3) is 5.54 Å². The van der Waals surface area contributed by atoms with E-state index in [0.717, 1.165) is 5.56 Å². The summed E-state index contributed by atoms with van der Waals surface area (Å²) in [6.07, 6.45) is 0. The summed E-state index contributed by atoms with van der Waals surface area (Å²) in [7, 11) is 0. The fourth-order valence-corrected chi connectivity index (χ4v) is 2.40. The molecule has 0 fully saturated rings. The van der Waals surface area contributed by atoms with Gasteiger partial charge in [0.2, 0.25) is 0 Å².